The SMILES string of the molecule is O=C(NCCCCCCCNC(=O)c1ccc(-c2ccccc2)cc1)c1ccc(-c2ccccc2)cc1. The van der Waals surface area contributed by atoms with E-state index >= 15 is 0 Å². The average molecular weight is 491 g/mol. The van der Waals surface area contributed by atoms with E-state index in [0.717, 1.165) is 54.4 Å². The molecular formula is C33H34N2O2. The summed E-state index contributed by atoms with van der Waals surface area (Å²) in [5.41, 5.74) is 5.87. The maximum absolute atomic E-state index is 12.4. The minimum absolute atomic E-state index is 0.0286. The van der Waals surface area contributed by atoms with Crippen molar-refractivity contribution >= 4 is 11.8 Å². The van der Waals surface area contributed by atoms with Gasteiger partial charge >= 0.3 is 0 Å². The van der Waals surface area contributed by atoms with Gasteiger partial charge in [0.15, 0.2) is 0 Å². The lowest BCUT2D eigenvalue weighted by Gasteiger charge is -2.08. The van der Waals surface area contributed by atoms with Gasteiger partial charge in [-0.2, -0.15) is 0 Å². The Hall–Kier alpha value is -4.18. The average Bonchev–Trinajstić information content (AvgIpc) is 2.97. The van der Waals surface area contributed by atoms with Crippen molar-refractivity contribution in [2.75, 3.05) is 13.1 Å². The van der Waals surface area contributed by atoms with Gasteiger partial charge in [0.05, 0.1) is 0 Å². The number of benzene rings is 4. The van der Waals surface area contributed by atoms with Crippen LogP contribution in [-0.2, 0) is 0 Å². The molecule has 37 heavy (non-hydrogen) atoms. The quantitative estimate of drug-likeness (QED) is 0.208. The molecule has 4 aromatic rings. The van der Waals surface area contributed by atoms with Gasteiger partial charge in [-0.3, -0.25) is 9.59 Å². The van der Waals surface area contributed by atoms with Crippen LogP contribution in [0.4, 0.5) is 0 Å². The molecule has 0 saturated carbocycles. The highest BCUT2D eigenvalue weighted by molar-refractivity contribution is 5.95. The summed E-state index contributed by atoms with van der Waals surface area (Å²) in [5.74, 6) is -0.0572. The number of nitrogens with one attached hydrogen (secondary N) is 2. The molecule has 0 saturated heterocycles. The first-order valence-electron chi connectivity index (χ1n) is 13.1. The third kappa shape index (κ3) is 7.91. The van der Waals surface area contributed by atoms with Crippen molar-refractivity contribution in [2.45, 2.75) is 32.1 Å². The Morgan fingerprint density at radius 1 is 0.405 bits per heavy atom. The van der Waals surface area contributed by atoms with Crippen LogP contribution >= 0.6 is 0 Å². The standard InChI is InChI=1S/C33H34N2O2/c36-32(30-20-16-28(17-21-30)26-12-6-4-7-13-26)34-24-10-2-1-3-11-25-35-33(37)31-22-18-29(19-23-31)27-14-8-5-9-15-27/h4-9,12-23H,1-3,10-11,24-25H2,(H,34,36)(H,35,37). The highest BCUT2D eigenvalue weighted by atomic mass is 16.2. The minimum Gasteiger partial charge on any atom is -0.352 e. The van der Waals surface area contributed by atoms with Crippen molar-refractivity contribution in [1.29, 1.82) is 0 Å². The van der Waals surface area contributed by atoms with E-state index in [0.29, 0.717) is 24.2 Å². The van der Waals surface area contributed by atoms with Crippen LogP contribution in [0.5, 0.6) is 0 Å². The predicted molar refractivity (Wildman–Crippen MR) is 152 cm³/mol. The predicted octanol–water partition coefficient (Wildman–Crippen LogP) is 7.13. The lowest BCUT2D eigenvalue weighted by molar-refractivity contribution is 0.0945. The molecule has 0 atom stereocenters. The molecule has 0 aliphatic rings. The van der Waals surface area contributed by atoms with Crippen LogP contribution in [-0.4, -0.2) is 24.9 Å². The van der Waals surface area contributed by atoms with Gasteiger partial charge in [0, 0.05) is 24.2 Å². The monoisotopic (exact) mass is 490 g/mol. The number of unbranched alkanes of at least 4 members (excludes halogenated alkanes) is 4. The normalized spacial score (nSPS) is 10.6. The summed E-state index contributed by atoms with van der Waals surface area (Å²) in [7, 11) is 0. The summed E-state index contributed by atoms with van der Waals surface area (Å²) in [6.45, 7) is 1.35. The highest BCUT2D eigenvalue weighted by Gasteiger charge is 2.07. The fourth-order valence-electron chi connectivity index (χ4n) is 4.28. The van der Waals surface area contributed by atoms with Gasteiger partial charge in [0.2, 0.25) is 0 Å². The lowest BCUT2D eigenvalue weighted by Crippen LogP contribution is -2.24. The maximum Gasteiger partial charge on any atom is 0.251 e. The van der Waals surface area contributed by atoms with E-state index in [1.807, 2.05) is 84.9 Å². The van der Waals surface area contributed by atoms with Crippen LogP contribution in [0.1, 0.15) is 52.8 Å². The van der Waals surface area contributed by atoms with Crippen LogP contribution in [0.3, 0.4) is 0 Å². The van der Waals surface area contributed by atoms with E-state index in [1.54, 1.807) is 0 Å². The zero-order valence-electron chi connectivity index (χ0n) is 21.2. The molecule has 0 spiro atoms. The Bertz CT molecular complexity index is 1150. The van der Waals surface area contributed by atoms with Gasteiger partial charge < -0.3 is 10.6 Å². The fraction of sp³-hybridized carbons (Fsp3) is 0.212. The van der Waals surface area contributed by atoms with Gasteiger partial charge in [-0.15, -0.1) is 0 Å². The fourth-order valence-corrected chi connectivity index (χ4v) is 4.28. The van der Waals surface area contributed by atoms with E-state index in [2.05, 4.69) is 34.9 Å². The molecule has 2 N–H and O–H groups in total. The first kappa shape index (κ1) is 25.9. The molecule has 0 radical (unpaired) electrons. The molecule has 0 aliphatic carbocycles. The van der Waals surface area contributed by atoms with Gasteiger partial charge in [0.25, 0.3) is 11.8 Å². The summed E-state index contributed by atoms with van der Waals surface area (Å²) in [4.78, 5) is 24.8. The molecule has 0 unspecified atom stereocenters. The van der Waals surface area contributed by atoms with E-state index in [1.165, 1.54) is 0 Å². The third-order valence-electron chi connectivity index (χ3n) is 6.43. The zero-order valence-corrected chi connectivity index (χ0v) is 21.2. The van der Waals surface area contributed by atoms with Crippen LogP contribution in [0.15, 0.2) is 109 Å². The topological polar surface area (TPSA) is 58.2 Å². The highest BCUT2D eigenvalue weighted by Crippen LogP contribution is 2.20. The van der Waals surface area contributed by atoms with Gasteiger partial charge in [-0.25, -0.2) is 0 Å². The van der Waals surface area contributed by atoms with Crippen LogP contribution < -0.4 is 10.6 Å². The first-order chi connectivity index (χ1) is 18.2. The van der Waals surface area contributed by atoms with Crippen molar-refractivity contribution in [3.05, 3.63) is 120 Å². The summed E-state index contributed by atoms with van der Waals surface area (Å²) in [6, 6.07) is 35.8. The maximum atomic E-state index is 12.4. The first-order valence-corrected chi connectivity index (χ1v) is 13.1. The summed E-state index contributed by atoms with van der Waals surface area (Å²) < 4.78 is 0. The van der Waals surface area contributed by atoms with Crippen molar-refractivity contribution in [3.8, 4) is 22.3 Å². The van der Waals surface area contributed by atoms with Crippen molar-refractivity contribution in [2.24, 2.45) is 0 Å². The molecule has 0 bridgehead atoms. The smallest absolute Gasteiger partial charge is 0.251 e. The second kappa shape index (κ2) is 13.8. The number of carbonyl (C=O) groups is 2. The van der Waals surface area contributed by atoms with Crippen molar-refractivity contribution in [1.82, 2.24) is 10.6 Å². The number of hydrogen-bond acceptors (Lipinski definition) is 2. The second-order valence-corrected chi connectivity index (χ2v) is 9.17. The lowest BCUT2D eigenvalue weighted by atomic mass is 10.0. The zero-order chi connectivity index (χ0) is 25.7. The van der Waals surface area contributed by atoms with Crippen LogP contribution in [0, 0.1) is 0 Å². The molecule has 0 aliphatic heterocycles. The summed E-state index contributed by atoms with van der Waals surface area (Å²) in [5, 5.41) is 6.02. The minimum atomic E-state index is -0.0286. The molecule has 0 aromatic heterocycles. The van der Waals surface area contributed by atoms with E-state index in [9.17, 15) is 9.59 Å². The van der Waals surface area contributed by atoms with Gasteiger partial charge in [0.1, 0.15) is 0 Å². The van der Waals surface area contributed by atoms with E-state index < -0.39 is 0 Å². The Morgan fingerprint density at radius 2 is 0.730 bits per heavy atom. The molecule has 0 heterocycles. The largest absolute Gasteiger partial charge is 0.352 e. The molecule has 4 aromatic carbocycles. The molecule has 4 rings (SSSR count). The Morgan fingerprint density at radius 3 is 1.11 bits per heavy atom. The van der Waals surface area contributed by atoms with Gasteiger partial charge in [-0.1, -0.05) is 104 Å². The van der Waals surface area contributed by atoms with Crippen LogP contribution in [0.2, 0.25) is 0 Å². The Labute approximate surface area is 219 Å². The molecular weight excluding hydrogens is 456 g/mol. The van der Waals surface area contributed by atoms with Gasteiger partial charge in [-0.05, 0) is 59.4 Å². The number of hydrogen-bond donors (Lipinski definition) is 2. The number of rotatable bonds is 12. The molecule has 0 fully saturated rings. The number of amides is 2. The summed E-state index contributed by atoms with van der Waals surface area (Å²) in [6.07, 6.45) is 5.11. The van der Waals surface area contributed by atoms with Crippen molar-refractivity contribution in [3.63, 3.8) is 0 Å². The van der Waals surface area contributed by atoms with Crippen molar-refractivity contribution < 1.29 is 9.59 Å². The van der Waals surface area contributed by atoms with E-state index in [-0.39, 0.29) is 11.8 Å². The Balaban J connectivity index is 1.05. The van der Waals surface area contributed by atoms with E-state index in [4.69, 9.17) is 0 Å². The molecule has 4 heteroatoms. The Kier molecular flexibility index (Phi) is 9.65. The number of carbonyl (C=O) groups excluding carboxylic acids is 2. The second-order valence-electron chi connectivity index (χ2n) is 9.17. The third-order valence-corrected chi connectivity index (χ3v) is 6.43. The molecule has 2 amide bonds. The molecule has 188 valence electrons. The summed E-state index contributed by atoms with van der Waals surface area (Å²) >= 11 is 0. The molecule has 4 nitrogen and oxygen atoms in total. The van der Waals surface area contributed by atoms with Crippen LogP contribution in [0.25, 0.3) is 22.3 Å².